The molecule has 1 aromatic carbocycles. The molecule has 3 heteroatoms. The van der Waals surface area contributed by atoms with Crippen molar-refractivity contribution in [1.82, 2.24) is 0 Å². The Labute approximate surface area is 121 Å². The van der Waals surface area contributed by atoms with Crippen LogP contribution in [0.3, 0.4) is 0 Å². The Morgan fingerprint density at radius 1 is 1.25 bits per heavy atom. The molecule has 1 aliphatic heterocycles. The first kappa shape index (κ1) is 15.2. The van der Waals surface area contributed by atoms with E-state index >= 15 is 0 Å². The second kappa shape index (κ2) is 7.58. The summed E-state index contributed by atoms with van der Waals surface area (Å²) in [6.07, 6.45) is 4.08. The zero-order chi connectivity index (χ0) is 14.4. The summed E-state index contributed by atoms with van der Waals surface area (Å²) in [4.78, 5) is 0. The van der Waals surface area contributed by atoms with E-state index in [1.54, 1.807) is 0 Å². The van der Waals surface area contributed by atoms with E-state index in [-0.39, 0.29) is 12.2 Å². The van der Waals surface area contributed by atoms with Crippen LogP contribution >= 0.6 is 0 Å². The van der Waals surface area contributed by atoms with E-state index in [0.717, 1.165) is 12.0 Å². The lowest BCUT2D eigenvalue weighted by Gasteiger charge is -2.32. The number of rotatable bonds is 6. The number of aliphatic hydroxyl groups is 1. The molecular weight excluding hydrogens is 252 g/mol. The van der Waals surface area contributed by atoms with E-state index in [1.807, 2.05) is 42.5 Å². The number of hydrogen-bond donors (Lipinski definition) is 1. The van der Waals surface area contributed by atoms with Crippen LogP contribution in [0.5, 0.6) is 0 Å². The SMILES string of the molecule is CCC(C)[C@@H]1C=C[C@H](O)[C@@H](COCc2ccccc2)O1. The predicted molar refractivity (Wildman–Crippen MR) is 79.4 cm³/mol. The van der Waals surface area contributed by atoms with E-state index < -0.39 is 6.10 Å². The monoisotopic (exact) mass is 276 g/mol. The molecular formula is C17H24O3. The second-order valence-corrected chi connectivity index (χ2v) is 5.40. The van der Waals surface area contributed by atoms with Crippen molar-refractivity contribution in [2.45, 2.75) is 45.2 Å². The van der Waals surface area contributed by atoms with Crippen molar-refractivity contribution < 1.29 is 14.6 Å². The van der Waals surface area contributed by atoms with Gasteiger partial charge in [0, 0.05) is 0 Å². The maximum atomic E-state index is 9.95. The third-order valence-corrected chi connectivity index (χ3v) is 3.81. The smallest absolute Gasteiger partial charge is 0.111 e. The van der Waals surface area contributed by atoms with Crippen LogP contribution in [0, 0.1) is 5.92 Å². The van der Waals surface area contributed by atoms with Gasteiger partial charge < -0.3 is 14.6 Å². The van der Waals surface area contributed by atoms with Crippen molar-refractivity contribution in [3.05, 3.63) is 48.0 Å². The highest BCUT2D eigenvalue weighted by atomic mass is 16.5. The van der Waals surface area contributed by atoms with Gasteiger partial charge >= 0.3 is 0 Å². The highest BCUT2D eigenvalue weighted by molar-refractivity contribution is 5.13. The third kappa shape index (κ3) is 4.17. The third-order valence-electron chi connectivity index (χ3n) is 3.81. The predicted octanol–water partition coefficient (Wildman–Crippen LogP) is 2.93. The van der Waals surface area contributed by atoms with Crippen LogP contribution in [0.4, 0.5) is 0 Å². The van der Waals surface area contributed by atoms with Gasteiger partial charge in [0.15, 0.2) is 0 Å². The number of ether oxygens (including phenoxy) is 2. The van der Waals surface area contributed by atoms with Crippen LogP contribution in [0.2, 0.25) is 0 Å². The van der Waals surface area contributed by atoms with Gasteiger partial charge in [0.05, 0.1) is 19.3 Å². The normalized spacial score (nSPS) is 27.4. The molecule has 1 aromatic rings. The molecule has 0 saturated carbocycles. The van der Waals surface area contributed by atoms with Gasteiger partial charge in [0.2, 0.25) is 0 Å². The van der Waals surface area contributed by atoms with Gasteiger partial charge in [0.25, 0.3) is 0 Å². The Hall–Kier alpha value is -1.16. The van der Waals surface area contributed by atoms with E-state index in [0.29, 0.717) is 19.1 Å². The summed E-state index contributed by atoms with van der Waals surface area (Å²) in [5, 5.41) is 9.95. The van der Waals surface area contributed by atoms with Crippen LogP contribution in [0.1, 0.15) is 25.8 Å². The summed E-state index contributed by atoms with van der Waals surface area (Å²) in [6.45, 7) is 5.26. The highest BCUT2D eigenvalue weighted by Gasteiger charge is 2.28. The minimum absolute atomic E-state index is 0.0775. The van der Waals surface area contributed by atoms with E-state index in [4.69, 9.17) is 9.47 Å². The lowest BCUT2D eigenvalue weighted by Crippen LogP contribution is -2.40. The largest absolute Gasteiger partial charge is 0.386 e. The summed E-state index contributed by atoms with van der Waals surface area (Å²) in [5.41, 5.74) is 1.13. The van der Waals surface area contributed by atoms with Gasteiger partial charge in [0.1, 0.15) is 12.2 Å². The first-order valence-corrected chi connectivity index (χ1v) is 7.34. The lowest BCUT2D eigenvalue weighted by atomic mass is 9.97. The Morgan fingerprint density at radius 2 is 2.00 bits per heavy atom. The summed E-state index contributed by atoms with van der Waals surface area (Å²) in [6, 6.07) is 10.0. The maximum absolute atomic E-state index is 9.95. The van der Waals surface area contributed by atoms with Gasteiger partial charge in [-0.1, -0.05) is 62.8 Å². The van der Waals surface area contributed by atoms with Gasteiger partial charge in [-0.25, -0.2) is 0 Å². The average Bonchev–Trinajstić information content (AvgIpc) is 2.49. The molecule has 0 aliphatic carbocycles. The molecule has 4 atom stereocenters. The molecule has 0 aromatic heterocycles. The van der Waals surface area contributed by atoms with Gasteiger partial charge in [-0.3, -0.25) is 0 Å². The minimum atomic E-state index is -0.578. The van der Waals surface area contributed by atoms with Crippen molar-refractivity contribution in [3.8, 4) is 0 Å². The molecule has 3 nitrogen and oxygen atoms in total. The molecule has 0 saturated heterocycles. The Balaban J connectivity index is 1.81. The summed E-state index contributed by atoms with van der Waals surface area (Å²) in [5.74, 6) is 0.454. The van der Waals surface area contributed by atoms with Crippen LogP contribution in [0.25, 0.3) is 0 Å². The molecule has 1 N–H and O–H groups in total. The summed E-state index contributed by atoms with van der Waals surface area (Å²) < 4.78 is 11.6. The van der Waals surface area contributed by atoms with Crippen LogP contribution in [-0.4, -0.2) is 30.0 Å². The van der Waals surface area contributed by atoms with Crippen molar-refractivity contribution in [2.75, 3.05) is 6.61 Å². The van der Waals surface area contributed by atoms with E-state index in [1.165, 1.54) is 0 Å². The fourth-order valence-corrected chi connectivity index (χ4v) is 2.24. The van der Waals surface area contributed by atoms with Crippen LogP contribution < -0.4 is 0 Å². The first-order chi connectivity index (χ1) is 9.70. The number of benzene rings is 1. The molecule has 0 fully saturated rings. The fourth-order valence-electron chi connectivity index (χ4n) is 2.24. The lowest BCUT2D eigenvalue weighted by molar-refractivity contribution is -0.108. The van der Waals surface area contributed by atoms with E-state index in [2.05, 4.69) is 13.8 Å². The molecule has 1 unspecified atom stereocenters. The summed E-state index contributed by atoms with van der Waals surface area (Å²) in [7, 11) is 0. The minimum Gasteiger partial charge on any atom is -0.386 e. The van der Waals surface area contributed by atoms with Crippen LogP contribution in [0.15, 0.2) is 42.5 Å². The molecule has 2 rings (SSSR count). The number of aliphatic hydroxyl groups excluding tert-OH is 1. The molecule has 0 bridgehead atoms. The standard InChI is InChI=1S/C17H24O3/c1-3-13(2)16-10-9-15(18)17(20-16)12-19-11-14-7-5-4-6-8-14/h4-10,13,15-18H,3,11-12H2,1-2H3/t13?,15-,16-,17+/m0/s1. The molecule has 0 radical (unpaired) electrons. The van der Waals surface area contributed by atoms with Crippen molar-refractivity contribution in [3.63, 3.8) is 0 Å². The molecule has 1 heterocycles. The Kier molecular flexibility index (Phi) is 5.77. The van der Waals surface area contributed by atoms with Crippen molar-refractivity contribution >= 4 is 0 Å². The molecule has 1 aliphatic rings. The summed E-state index contributed by atoms with van der Waals surface area (Å²) >= 11 is 0. The van der Waals surface area contributed by atoms with Gasteiger partial charge in [-0.15, -0.1) is 0 Å². The highest BCUT2D eigenvalue weighted by Crippen LogP contribution is 2.21. The van der Waals surface area contributed by atoms with Crippen LogP contribution in [-0.2, 0) is 16.1 Å². The second-order valence-electron chi connectivity index (χ2n) is 5.40. The average molecular weight is 276 g/mol. The fraction of sp³-hybridized carbons (Fsp3) is 0.529. The Morgan fingerprint density at radius 3 is 2.70 bits per heavy atom. The zero-order valence-electron chi connectivity index (χ0n) is 12.2. The molecule has 0 spiro atoms. The maximum Gasteiger partial charge on any atom is 0.111 e. The van der Waals surface area contributed by atoms with Gasteiger partial charge in [-0.05, 0) is 11.5 Å². The molecule has 20 heavy (non-hydrogen) atoms. The molecule has 110 valence electrons. The molecule has 0 amide bonds. The van der Waals surface area contributed by atoms with Gasteiger partial charge in [-0.2, -0.15) is 0 Å². The zero-order valence-corrected chi connectivity index (χ0v) is 12.2. The number of hydrogen-bond acceptors (Lipinski definition) is 3. The topological polar surface area (TPSA) is 38.7 Å². The Bertz CT molecular complexity index is 416. The van der Waals surface area contributed by atoms with Crippen molar-refractivity contribution in [2.24, 2.45) is 5.92 Å². The first-order valence-electron chi connectivity index (χ1n) is 7.34. The quantitative estimate of drug-likeness (QED) is 0.812. The van der Waals surface area contributed by atoms with Crippen molar-refractivity contribution in [1.29, 1.82) is 0 Å². The van der Waals surface area contributed by atoms with E-state index in [9.17, 15) is 5.11 Å².